The molecule has 0 aliphatic rings. The van der Waals surface area contributed by atoms with E-state index in [0.717, 1.165) is 21.7 Å². The molecule has 0 saturated heterocycles. The van der Waals surface area contributed by atoms with Crippen molar-refractivity contribution in [2.75, 3.05) is 13.6 Å². The van der Waals surface area contributed by atoms with E-state index >= 15 is 0 Å². The van der Waals surface area contributed by atoms with Crippen molar-refractivity contribution in [1.82, 2.24) is 4.31 Å². The molecule has 0 saturated carbocycles. The summed E-state index contributed by atoms with van der Waals surface area (Å²) in [4.78, 5) is 10.6. The fraction of sp³-hybridized carbons (Fsp3) is 0.222. The van der Waals surface area contributed by atoms with Crippen molar-refractivity contribution in [3.63, 3.8) is 0 Å². The van der Waals surface area contributed by atoms with Crippen molar-refractivity contribution in [3.05, 3.63) is 14.7 Å². The number of aromatic carboxylic acids is 1. The summed E-state index contributed by atoms with van der Waals surface area (Å²) in [6, 6.07) is 1.11. The van der Waals surface area contributed by atoms with Gasteiger partial charge in [0.25, 0.3) is 0 Å². The van der Waals surface area contributed by atoms with Crippen LogP contribution in [0.1, 0.15) is 9.67 Å². The smallest absolute Gasteiger partial charge is 0.345 e. The van der Waals surface area contributed by atoms with Gasteiger partial charge in [0.1, 0.15) is 9.77 Å². The predicted octanol–water partition coefficient (Wildman–Crippen LogP) is 1.46. The molecule has 0 aliphatic carbocycles. The average Bonchev–Trinajstić information content (AvgIpc) is 2.61. The van der Waals surface area contributed by atoms with Gasteiger partial charge >= 0.3 is 5.97 Å². The van der Waals surface area contributed by atoms with Crippen LogP contribution in [-0.2, 0) is 10.0 Å². The Hall–Kier alpha value is -0.880. The lowest BCUT2D eigenvalue weighted by atomic mass is 10.5. The summed E-state index contributed by atoms with van der Waals surface area (Å²) >= 11 is 3.88. The molecule has 0 aliphatic heterocycles. The fourth-order valence-corrected chi connectivity index (χ4v) is 4.45. The minimum Gasteiger partial charge on any atom is -0.477 e. The highest BCUT2D eigenvalue weighted by atomic mass is 79.9. The molecule has 0 spiro atoms. The highest BCUT2D eigenvalue weighted by Crippen LogP contribution is 2.33. The van der Waals surface area contributed by atoms with Crippen molar-refractivity contribution in [2.45, 2.75) is 4.90 Å². The van der Waals surface area contributed by atoms with Gasteiger partial charge in [-0.25, -0.2) is 13.2 Å². The summed E-state index contributed by atoms with van der Waals surface area (Å²) in [5.41, 5.74) is 0. The third kappa shape index (κ3) is 2.87. The fourth-order valence-electron chi connectivity index (χ4n) is 1.01. The maximum Gasteiger partial charge on any atom is 0.345 e. The van der Waals surface area contributed by atoms with Gasteiger partial charge in [0.15, 0.2) is 0 Å². The predicted molar refractivity (Wildman–Crippen MR) is 67.6 cm³/mol. The first kappa shape index (κ1) is 14.2. The van der Waals surface area contributed by atoms with Gasteiger partial charge in [0.05, 0.1) is 10.3 Å². The zero-order chi connectivity index (χ0) is 13.2. The molecule has 92 valence electrons. The summed E-state index contributed by atoms with van der Waals surface area (Å²) in [5, 5.41) is 8.78. The van der Waals surface area contributed by atoms with E-state index in [1.54, 1.807) is 0 Å². The Morgan fingerprint density at radius 1 is 1.71 bits per heavy atom. The van der Waals surface area contributed by atoms with Crippen LogP contribution >= 0.6 is 27.3 Å². The quantitative estimate of drug-likeness (QED) is 0.844. The molecule has 1 heterocycles. The third-order valence-electron chi connectivity index (χ3n) is 1.87. The highest BCUT2D eigenvalue weighted by molar-refractivity contribution is 9.11. The maximum absolute atomic E-state index is 12.0. The Kier molecular flexibility index (Phi) is 4.32. The molecule has 1 rings (SSSR count). The summed E-state index contributed by atoms with van der Waals surface area (Å²) in [6.45, 7) is -0.0764. The van der Waals surface area contributed by atoms with Crippen LogP contribution in [-0.4, -0.2) is 37.4 Å². The second-order valence-corrected chi connectivity index (χ2v) is 7.40. The first-order valence-electron chi connectivity index (χ1n) is 4.23. The number of nitrogens with zero attached hydrogens (tertiary/aromatic N) is 1. The van der Waals surface area contributed by atoms with Crippen molar-refractivity contribution in [3.8, 4) is 12.3 Å². The molecule has 5 nitrogen and oxygen atoms in total. The molecule has 0 unspecified atom stereocenters. The average molecular weight is 338 g/mol. The number of sulfonamides is 1. The van der Waals surface area contributed by atoms with Gasteiger partial charge in [-0.1, -0.05) is 5.92 Å². The minimum absolute atomic E-state index is 0.0513. The number of rotatable bonds is 4. The molecule has 0 fully saturated rings. The second-order valence-electron chi connectivity index (χ2n) is 3.02. The first-order valence-corrected chi connectivity index (χ1v) is 7.28. The number of carboxylic acids is 1. The molecule has 1 N–H and O–H groups in total. The maximum atomic E-state index is 12.0. The van der Waals surface area contributed by atoms with Crippen LogP contribution in [0.2, 0.25) is 0 Å². The van der Waals surface area contributed by atoms with Gasteiger partial charge in [-0.15, -0.1) is 17.8 Å². The second kappa shape index (κ2) is 5.18. The van der Waals surface area contributed by atoms with E-state index in [0.29, 0.717) is 0 Å². The number of carboxylic acid groups (broad SMARTS) is 1. The summed E-state index contributed by atoms with van der Waals surface area (Å²) < 4.78 is 25.2. The molecule has 0 radical (unpaired) electrons. The Morgan fingerprint density at radius 2 is 2.29 bits per heavy atom. The summed E-state index contributed by atoms with van der Waals surface area (Å²) in [5.74, 6) is 1.04. The number of carbonyl (C=O) groups is 1. The van der Waals surface area contributed by atoms with Crippen LogP contribution in [0.5, 0.6) is 0 Å². The van der Waals surface area contributed by atoms with E-state index in [2.05, 4.69) is 21.9 Å². The van der Waals surface area contributed by atoms with Gasteiger partial charge in [-0.05, 0) is 22.0 Å². The van der Waals surface area contributed by atoms with Crippen molar-refractivity contribution >= 4 is 43.3 Å². The SMILES string of the molecule is C#CCN(C)S(=O)(=O)c1cc(C(=O)O)sc1Br. The zero-order valence-electron chi connectivity index (χ0n) is 8.68. The molecule has 1 aromatic rings. The molecule has 0 aromatic carbocycles. The monoisotopic (exact) mass is 337 g/mol. The molecule has 17 heavy (non-hydrogen) atoms. The van der Waals surface area contributed by atoms with Crippen LogP contribution in [0.3, 0.4) is 0 Å². The third-order valence-corrected chi connectivity index (χ3v) is 5.91. The lowest BCUT2D eigenvalue weighted by molar-refractivity contribution is 0.0702. The molecule has 1 aromatic heterocycles. The van der Waals surface area contributed by atoms with E-state index in [1.807, 2.05) is 0 Å². The Bertz CT molecular complexity index is 585. The first-order chi connectivity index (χ1) is 7.80. The summed E-state index contributed by atoms with van der Waals surface area (Å²) in [7, 11) is -2.42. The van der Waals surface area contributed by atoms with Gasteiger partial charge in [-0.3, -0.25) is 0 Å². The van der Waals surface area contributed by atoms with Gasteiger partial charge in [0, 0.05) is 7.05 Å². The van der Waals surface area contributed by atoms with Crippen molar-refractivity contribution < 1.29 is 18.3 Å². The van der Waals surface area contributed by atoms with Crippen LogP contribution in [0.4, 0.5) is 0 Å². The number of terminal acetylenes is 1. The van der Waals surface area contributed by atoms with E-state index in [1.165, 1.54) is 7.05 Å². The molecule has 8 heteroatoms. The number of thiophene rings is 1. The van der Waals surface area contributed by atoms with Crippen LogP contribution < -0.4 is 0 Å². The molecule has 0 bridgehead atoms. The number of hydrogen-bond donors (Lipinski definition) is 1. The topological polar surface area (TPSA) is 74.7 Å². The Balaban J connectivity index is 3.25. The van der Waals surface area contributed by atoms with Crippen LogP contribution in [0.25, 0.3) is 0 Å². The highest BCUT2D eigenvalue weighted by Gasteiger charge is 2.26. The van der Waals surface area contributed by atoms with Crippen molar-refractivity contribution in [2.24, 2.45) is 0 Å². The molecule has 0 amide bonds. The normalized spacial score (nSPS) is 11.4. The van der Waals surface area contributed by atoms with Gasteiger partial charge in [0.2, 0.25) is 10.0 Å². The van der Waals surface area contributed by atoms with E-state index in [4.69, 9.17) is 11.5 Å². The molecular formula is C9H8BrNO4S2. The van der Waals surface area contributed by atoms with Crippen LogP contribution in [0, 0.1) is 12.3 Å². The van der Waals surface area contributed by atoms with Gasteiger partial charge < -0.3 is 5.11 Å². The van der Waals surface area contributed by atoms with E-state index in [-0.39, 0.29) is 20.1 Å². The largest absolute Gasteiger partial charge is 0.477 e. The van der Waals surface area contributed by atoms with Gasteiger partial charge in [-0.2, -0.15) is 4.31 Å². The zero-order valence-corrected chi connectivity index (χ0v) is 11.9. The lowest BCUT2D eigenvalue weighted by Gasteiger charge is -2.13. The molecule has 0 atom stereocenters. The summed E-state index contributed by atoms with van der Waals surface area (Å²) in [6.07, 6.45) is 5.04. The Morgan fingerprint density at radius 3 is 2.71 bits per heavy atom. The van der Waals surface area contributed by atoms with Crippen molar-refractivity contribution in [1.29, 1.82) is 0 Å². The van der Waals surface area contributed by atoms with Crippen LogP contribution in [0.15, 0.2) is 14.7 Å². The minimum atomic E-state index is -3.75. The number of halogens is 1. The van der Waals surface area contributed by atoms with E-state index in [9.17, 15) is 13.2 Å². The molecular weight excluding hydrogens is 330 g/mol. The standard InChI is InChI=1S/C9H8BrNO4S2/c1-3-4-11(2)17(14,15)7-5-6(9(12)13)16-8(7)10/h1,5H,4H2,2H3,(H,12,13). The van der Waals surface area contributed by atoms with E-state index < -0.39 is 16.0 Å². The Labute approximate surface area is 111 Å². The lowest BCUT2D eigenvalue weighted by Crippen LogP contribution is -2.27. The number of hydrogen-bond acceptors (Lipinski definition) is 4.